The van der Waals surface area contributed by atoms with Crippen LogP contribution in [0.3, 0.4) is 0 Å². The van der Waals surface area contributed by atoms with Crippen LogP contribution in [0.2, 0.25) is 4.34 Å². The van der Waals surface area contributed by atoms with E-state index in [1.807, 2.05) is 26.0 Å². The summed E-state index contributed by atoms with van der Waals surface area (Å²) in [6.07, 6.45) is 4.05. The van der Waals surface area contributed by atoms with Crippen LogP contribution in [0.25, 0.3) is 0 Å². The number of thiophene rings is 1. The first-order valence-corrected chi connectivity index (χ1v) is 7.99. The van der Waals surface area contributed by atoms with Crippen LogP contribution in [0.15, 0.2) is 24.4 Å². The Bertz CT molecular complexity index is 612. The summed E-state index contributed by atoms with van der Waals surface area (Å²) in [5.74, 6) is 0.664. The Hall–Kier alpha value is -1.26. The van der Waals surface area contributed by atoms with Crippen molar-refractivity contribution in [1.29, 1.82) is 0 Å². The molecule has 5 heteroatoms. The second-order valence-corrected chi connectivity index (χ2v) is 6.96. The van der Waals surface area contributed by atoms with Crippen LogP contribution in [0.5, 0.6) is 5.88 Å². The van der Waals surface area contributed by atoms with Crippen LogP contribution in [0.1, 0.15) is 36.8 Å². The van der Waals surface area contributed by atoms with Crippen LogP contribution in [0, 0.1) is 0 Å². The van der Waals surface area contributed by atoms with Crippen molar-refractivity contribution in [2.24, 2.45) is 0 Å². The van der Waals surface area contributed by atoms with Crippen molar-refractivity contribution in [3.63, 3.8) is 0 Å². The fourth-order valence-electron chi connectivity index (χ4n) is 2.49. The summed E-state index contributed by atoms with van der Waals surface area (Å²) in [5.41, 5.74) is 2.26. The second kappa shape index (κ2) is 5.62. The van der Waals surface area contributed by atoms with E-state index in [1.54, 1.807) is 17.5 Å². The lowest BCUT2D eigenvalue weighted by molar-refractivity contribution is 0.234. The number of rotatable bonds is 4. The van der Waals surface area contributed by atoms with E-state index in [9.17, 15) is 0 Å². The second-order valence-electron chi connectivity index (χ2n) is 5.19. The fraction of sp³-hybridized carbons (Fsp3) is 0.400. The van der Waals surface area contributed by atoms with Crippen LogP contribution >= 0.6 is 22.9 Å². The molecule has 1 unspecified atom stereocenters. The van der Waals surface area contributed by atoms with Gasteiger partial charge < -0.3 is 10.1 Å². The van der Waals surface area contributed by atoms with Crippen LogP contribution in [0.4, 0.5) is 5.69 Å². The number of nitrogens with zero attached hydrogens (tertiary/aromatic N) is 1. The molecular weight excluding hydrogens is 292 g/mol. The van der Waals surface area contributed by atoms with Crippen LogP contribution < -0.4 is 10.1 Å². The number of hydrogen-bond donors (Lipinski definition) is 1. The summed E-state index contributed by atoms with van der Waals surface area (Å²) in [6.45, 7) is 4.01. The molecule has 1 N–H and O–H groups in total. The first-order chi connectivity index (χ1) is 9.63. The van der Waals surface area contributed by atoms with Gasteiger partial charge >= 0.3 is 0 Å². The van der Waals surface area contributed by atoms with E-state index in [1.165, 1.54) is 10.4 Å². The number of ether oxygens (including phenoxy) is 1. The van der Waals surface area contributed by atoms with Gasteiger partial charge in [-0.2, -0.15) is 0 Å². The maximum atomic E-state index is 6.10. The zero-order valence-corrected chi connectivity index (χ0v) is 13.1. The van der Waals surface area contributed by atoms with E-state index < -0.39 is 0 Å². The Kier molecular flexibility index (Phi) is 3.85. The number of anilines is 1. The predicted octanol–water partition coefficient (Wildman–Crippen LogP) is 4.68. The molecular formula is C15H17ClN2OS. The molecule has 0 saturated heterocycles. The van der Waals surface area contributed by atoms with Crippen molar-refractivity contribution in [3.8, 4) is 5.88 Å². The highest BCUT2D eigenvalue weighted by atomic mass is 35.5. The molecule has 2 heterocycles. The molecule has 3 nitrogen and oxygen atoms in total. The molecule has 0 aromatic carbocycles. The van der Waals surface area contributed by atoms with Crippen LogP contribution in [-0.4, -0.2) is 11.1 Å². The Morgan fingerprint density at radius 2 is 2.35 bits per heavy atom. The SMILES string of the molecule is CC(C)Oc1ncccc1NC1CCc2sc(Cl)cc21. The average molecular weight is 309 g/mol. The Morgan fingerprint density at radius 3 is 3.15 bits per heavy atom. The number of aryl methyl sites for hydroxylation is 1. The lowest BCUT2D eigenvalue weighted by atomic mass is 10.1. The normalized spacial score (nSPS) is 17.3. The van der Waals surface area contributed by atoms with Gasteiger partial charge in [-0.3, -0.25) is 0 Å². The number of aromatic nitrogens is 1. The number of pyridine rings is 1. The number of halogens is 1. The van der Waals surface area contributed by atoms with E-state index in [0.717, 1.165) is 22.9 Å². The topological polar surface area (TPSA) is 34.1 Å². The highest BCUT2D eigenvalue weighted by molar-refractivity contribution is 7.16. The average Bonchev–Trinajstić information content (AvgIpc) is 2.92. The van der Waals surface area contributed by atoms with Gasteiger partial charge in [-0.05, 0) is 50.5 Å². The van der Waals surface area contributed by atoms with Crippen molar-refractivity contribution < 1.29 is 4.74 Å². The molecule has 20 heavy (non-hydrogen) atoms. The van der Waals surface area contributed by atoms with Gasteiger partial charge in [0, 0.05) is 11.1 Å². The summed E-state index contributed by atoms with van der Waals surface area (Å²) in [6, 6.07) is 6.31. The molecule has 1 aliphatic carbocycles. The lowest BCUT2D eigenvalue weighted by Crippen LogP contribution is -2.12. The molecule has 2 aromatic rings. The molecule has 0 aliphatic heterocycles. The minimum absolute atomic E-state index is 0.111. The van der Waals surface area contributed by atoms with Gasteiger partial charge in [-0.1, -0.05) is 11.6 Å². The van der Waals surface area contributed by atoms with Crippen LogP contribution in [-0.2, 0) is 6.42 Å². The van der Waals surface area contributed by atoms with E-state index in [-0.39, 0.29) is 6.10 Å². The van der Waals surface area contributed by atoms with Crippen molar-refractivity contribution in [2.75, 3.05) is 5.32 Å². The third kappa shape index (κ3) is 2.76. The molecule has 0 bridgehead atoms. The highest BCUT2D eigenvalue weighted by Gasteiger charge is 2.25. The van der Waals surface area contributed by atoms with E-state index in [2.05, 4.69) is 16.4 Å². The third-order valence-corrected chi connectivity index (χ3v) is 4.64. The van der Waals surface area contributed by atoms with Gasteiger partial charge in [-0.25, -0.2) is 4.98 Å². The smallest absolute Gasteiger partial charge is 0.237 e. The molecule has 0 radical (unpaired) electrons. The molecule has 0 amide bonds. The third-order valence-electron chi connectivity index (χ3n) is 3.30. The fourth-order valence-corrected chi connectivity index (χ4v) is 3.84. The molecule has 0 saturated carbocycles. The minimum atomic E-state index is 0.111. The molecule has 1 aliphatic rings. The molecule has 1 atom stereocenters. The summed E-state index contributed by atoms with van der Waals surface area (Å²) in [5, 5.41) is 3.54. The van der Waals surface area contributed by atoms with Crippen molar-refractivity contribution in [1.82, 2.24) is 4.98 Å². The van der Waals surface area contributed by atoms with Crippen molar-refractivity contribution in [3.05, 3.63) is 39.2 Å². The molecule has 3 rings (SSSR count). The Balaban J connectivity index is 1.82. The minimum Gasteiger partial charge on any atom is -0.473 e. The number of nitrogens with one attached hydrogen (secondary N) is 1. The quantitative estimate of drug-likeness (QED) is 0.890. The van der Waals surface area contributed by atoms with Gasteiger partial charge in [0.05, 0.1) is 22.2 Å². The van der Waals surface area contributed by atoms with Crippen molar-refractivity contribution >= 4 is 28.6 Å². The first-order valence-electron chi connectivity index (χ1n) is 6.80. The van der Waals surface area contributed by atoms with Gasteiger partial charge in [0.25, 0.3) is 0 Å². The number of hydrogen-bond acceptors (Lipinski definition) is 4. The number of fused-ring (bicyclic) bond motifs is 1. The highest BCUT2D eigenvalue weighted by Crippen LogP contribution is 2.41. The van der Waals surface area contributed by atoms with Gasteiger partial charge in [-0.15, -0.1) is 11.3 Å². The van der Waals surface area contributed by atoms with Crippen molar-refractivity contribution in [2.45, 2.75) is 38.8 Å². The first kappa shape index (κ1) is 13.7. The molecule has 2 aromatic heterocycles. The summed E-state index contributed by atoms with van der Waals surface area (Å²) < 4.78 is 6.62. The lowest BCUT2D eigenvalue weighted by Gasteiger charge is -2.18. The predicted molar refractivity (Wildman–Crippen MR) is 84.0 cm³/mol. The monoisotopic (exact) mass is 308 g/mol. The zero-order valence-electron chi connectivity index (χ0n) is 11.5. The maximum Gasteiger partial charge on any atom is 0.237 e. The Morgan fingerprint density at radius 1 is 1.50 bits per heavy atom. The molecule has 0 fully saturated rings. The summed E-state index contributed by atoms with van der Waals surface area (Å²) in [4.78, 5) is 5.71. The zero-order chi connectivity index (χ0) is 14.1. The summed E-state index contributed by atoms with van der Waals surface area (Å²) >= 11 is 7.79. The molecule has 0 spiro atoms. The van der Waals surface area contributed by atoms with E-state index in [0.29, 0.717) is 11.9 Å². The Labute approximate surface area is 127 Å². The van der Waals surface area contributed by atoms with Gasteiger partial charge in [0.15, 0.2) is 0 Å². The molecule has 106 valence electrons. The standard InChI is InChI=1S/C15H17ClN2OS/c1-9(2)19-15-12(4-3-7-17-15)18-11-5-6-13-10(11)8-14(16)20-13/h3-4,7-9,11,18H,5-6H2,1-2H3. The van der Waals surface area contributed by atoms with E-state index >= 15 is 0 Å². The van der Waals surface area contributed by atoms with Gasteiger partial charge in [0.2, 0.25) is 5.88 Å². The van der Waals surface area contributed by atoms with E-state index in [4.69, 9.17) is 16.3 Å². The maximum absolute atomic E-state index is 6.10. The largest absolute Gasteiger partial charge is 0.473 e. The summed E-state index contributed by atoms with van der Waals surface area (Å²) in [7, 11) is 0. The van der Waals surface area contributed by atoms with Gasteiger partial charge in [0.1, 0.15) is 0 Å².